The predicted molar refractivity (Wildman–Crippen MR) is 70.9 cm³/mol. The summed E-state index contributed by atoms with van der Waals surface area (Å²) in [6.45, 7) is 2.11. The normalized spacial score (nSPS) is 10.2. The van der Waals surface area contributed by atoms with E-state index in [4.69, 9.17) is 0 Å². The van der Waals surface area contributed by atoms with Gasteiger partial charge < -0.3 is 4.90 Å². The number of rotatable bonds is 2. The van der Waals surface area contributed by atoms with E-state index < -0.39 is 0 Å². The largest absolute Gasteiger partial charge is 0.377 e. The number of hydrogen-bond acceptors (Lipinski definition) is 1. The molecule has 0 fully saturated rings. The number of aryl methyl sites for hydroxylation is 1. The molecule has 0 spiro atoms. The summed E-state index contributed by atoms with van der Waals surface area (Å²) in [5.74, 6) is 0. The second kappa shape index (κ2) is 4.40. The monoisotopic (exact) mass is 211 g/mol. The number of benzene rings is 2. The molecule has 1 nitrogen and oxygen atoms in total. The van der Waals surface area contributed by atoms with Gasteiger partial charge in [-0.1, -0.05) is 48.0 Å². The lowest BCUT2D eigenvalue weighted by Crippen LogP contribution is -2.09. The van der Waals surface area contributed by atoms with Gasteiger partial charge in [-0.2, -0.15) is 0 Å². The first kappa shape index (κ1) is 10.7. The van der Waals surface area contributed by atoms with E-state index in [1.807, 2.05) is 0 Å². The molecule has 0 N–H and O–H groups in total. The van der Waals surface area contributed by atoms with E-state index >= 15 is 0 Å². The lowest BCUT2D eigenvalue weighted by molar-refractivity contribution is 1.13. The van der Waals surface area contributed by atoms with Crippen molar-refractivity contribution in [2.75, 3.05) is 19.0 Å². The molecule has 1 heteroatoms. The molecule has 2 aromatic carbocycles. The molecule has 16 heavy (non-hydrogen) atoms. The fourth-order valence-corrected chi connectivity index (χ4v) is 1.84. The maximum atomic E-state index is 2.18. The quantitative estimate of drug-likeness (QED) is 0.731. The van der Waals surface area contributed by atoms with Gasteiger partial charge in [-0.3, -0.25) is 0 Å². The summed E-state index contributed by atoms with van der Waals surface area (Å²) in [5, 5.41) is 0. The molecule has 0 radical (unpaired) electrons. The van der Waals surface area contributed by atoms with Crippen LogP contribution < -0.4 is 4.90 Å². The molecule has 0 aromatic heterocycles. The highest BCUT2D eigenvalue weighted by Crippen LogP contribution is 2.29. The van der Waals surface area contributed by atoms with Gasteiger partial charge in [0.2, 0.25) is 0 Å². The molecular formula is C15H17N. The van der Waals surface area contributed by atoms with Gasteiger partial charge in [0.1, 0.15) is 0 Å². The van der Waals surface area contributed by atoms with Crippen molar-refractivity contribution >= 4 is 5.69 Å². The minimum absolute atomic E-state index is 1.26. The van der Waals surface area contributed by atoms with E-state index in [9.17, 15) is 0 Å². The molecule has 2 rings (SSSR count). The molecular weight excluding hydrogens is 194 g/mol. The highest BCUT2D eigenvalue weighted by Gasteiger charge is 2.05. The Balaban J connectivity index is 2.51. The van der Waals surface area contributed by atoms with Crippen LogP contribution in [-0.2, 0) is 0 Å². The number of para-hydroxylation sites is 1. The van der Waals surface area contributed by atoms with Crippen molar-refractivity contribution in [3.05, 3.63) is 54.1 Å². The van der Waals surface area contributed by atoms with Gasteiger partial charge in [-0.25, -0.2) is 0 Å². The minimum atomic E-state index is 1.26. The molecule has 0 bridgehead atoms. The molecule has 0 saturated carbocycles. The summed E-state index contributed by atoms with van der Waals surface area (Å²) >= 11 is 0. The van der Waals surface area contributed by atoms with Gasteiger partial charge in [0, 0.05) is 25.3 Å². The second-order valence-corrected chi connectivity index (χ2v) is 4.28. The average Bonchev–Trinajstić information content (AvgIpc) is 2.30. The van der Waals surface area contributed by atoms with Crippen LogP contribution >= 0.6 is 0 Å². The fourth-order valence-electron chi connectivity index (χ4n) is 1.84. The Morgan fingerprint density at radius 1 is 0.812 bits per heavy atom. The summed E-state index contributed by atoms with van der Waals surface area (Å²) < 4.78 is 0. The minimum Gasteiger partial charge on any atom is -0.377 e. The van der Waals surface area contributed by atoms with Gasteiger partial charge in [0.05, 0.1) is 0 Å². The molecule has 0 heterocycles. The van der Waals surface area contributed by atoms with Crippen LogP contribution in [0.2, 0.25) is 0 Å². The summed E-state index contributed by atoms with van der Waals surface area (Å²) in [5.41, 5.74) is 5.11. The van der Waals surface area contributed by atoms with E-state index in [1.165, 1.54) is 22.4 Å². The first-order valence-corrected chi connectivity index (χ1v) is 5.52. The van der Waals surface area contributed by atoms with Crippen LogP contribution in [0.25, 0.3) is 11.1 Å². The van der Waals surface area contributed by atoms with Crippen molar-refractivity contribution in [2.45, 2.75) is 6.92 Å². The summed E-state index contributed by atoms with van der Waals surface area (Å²) in [6.07, 6.45) is 0. The van der Waals surface area contributed by atoms with Crippen LogP contribution in [0.15, 0.2) is 48.5 Å². The van der Waals surface area contributed by atoms with Crippen LogP contribution in [0.3, 0.4) is 0 Å². The van der Waals surface area contributed by atoms with Gasteiger partial charge >= 0.3 is 0 Å². The Hall–Kier alpha value is -1.76. The van der Waals surface area contributed by atoms with Crippen molar-refractivity contribution < 1.29 is 0 Å². The molecule has 2 aromatic rings. The Kier molecular flexibility index (Phi) is 2.95. The zero-order valence-electron chi connectivity index (χ0n) is 10.1. The van der Waals surface area contributed by atoms with Crippen LogP contribution in [0.5, 0.6) is 0 Å². The molecule has 0 unspecified atom stereocenters. The highest BCUT2D eigenvalue weighted by atomic mass is 15.1. The molecule has 0 saturated heterocycles. The SMILES string of the molecule is Cc1ccc(-c2ccccc2N(C)C)cc1. The maximum Gasteiger partial charge on any atom is 0.0440 e. The number of anilines is 1. The van der Waals surface area contributed by atoms with E-state index in [-0.39, 0.29) is 0 Å². The third-order valence-electron chi connectivity index (χ3n) is 2.75. The topological polar surface area (TPSA) is 3.24 Å². The molecule has 82 valence electrons. The Labute approximate surface area is 97.3 Å². The number of hydrogen-bond donors (Lipinski definition) is 0. The molecule has 0 amide bonds. The zero-order chi connectivity index (χ0) is 11.5. The van der Waals surface area contributed by atoms with E-state index in [1.54, 1.807) is 0 Å². The molecule has 0 aliphatic heterocycles. The first-order valence-electron chi connectivity index (χ1n) is 5.52. The first-order chi connectivity index (χ1) is 7.68. The van der Waals surface area contributed by atoms with Crippen molar-refractivity contribution in [2.24, 2.45) is 0 Å². The van der Waals surface area contributed by atoms with Crippen LogP contribution in [0.1, 0.15) is 5.56 Å². The zero-order valence-corrected chi connectivity index (χ0v) is 10.1. The second-order valence-electron chi connectivity index (χ2n) is 4.28. The fraction of sp³-hybridized carbons (Fsp3) is 0.200. The smallest absolute Gasteiger partial charge is 0.0440 e. The third kappa shape index (κ3) is 2.08. The Morgan fingerprint density at radius 2 is 1.44 bits per heavy atom. The third-order valence-corrected chi connectivity index (χ3v) is 2.75. The van der Waals surface area contributed by atoms with Crippen molar-refractivity contribution in [1.82, 2.24) is 0 Å². The highest BCUT2D eigenvalue weighted by molar-refractivity contribution is 5.78. The van der Waals surface area contributed by atoms with E-state index in [2.05, 4.69) is 74.4 Å². The van der Waals surface area contributed by atoms with Gasteiger partial charge in [-0.15, -0.1) is 0 Å². The van der Waals surface area contributed by atoms with Crippen molar-refractivity contribution in [3.63, 3.8) is 0 Å². The average molecular weight is 211 g/mol. The Morgan fingerprint density at radius 3 is 2.06 bits per heavy atom. The van der Waals surface area contributed by atoms with Crippen LogP contribution in [-0.4, -0.2) is 14.1 Å². The Bertz CT molecular complexity index is 469. The van der Waals surface area contributed by atoms with Gasteiger partial charge in [0.25, 0.3) is 0 Å². The lowest BCUT2D eigenvalue weighted by Gasteiger charge is -2.17. The lowest BCUT2D eigenvalue weighted by atomic mass is 10.0. The molecule has 0 aliphatic carbocycles. The van der Waals surface area contributed by atoms with E-state index in [0.717, 1.165) is 0 Å². The number of nitrogens with zero attached hydrogens (tertiary/aromatic N) is 1. The van der Waals surface area contributed by atoms with Crippen LogP contribution in [0, 0.1) is 6.92 Å². The maximum absolute atomic E-state index is 2.18. The van der Waals surface area contributed by atoms with Gasteiger partial charge in [-0.05, 0) is 18.6 Å². The van der Waals surface area contributed by atoms with Crippen molar-refractivity contribution in [3.8, 4) is 11.1 Å². The van der Waals surface area contributed by atoms with Crippen LogP contribution in [0.4, 0.5) is 5.69 Å². The predicted octanol–water partition coefficient (Wildman–Crippen LogP) is 3.73. The summed E-state index contributed by atoms with van der Waals surface area (Å²) in [4.78, 5) is 2.15. The molecule has 0 atom stereocenters. The standard InChI is InChI=1S/C15H17N/c1-12-8-10-13(11-9-12)14-6-4-5-7-15(14)16(2)3/h4-11H,1-3H3. The summed E-state index contributed by atoms with van der Waals surface area (Å²) in [7, 11) is 4.15. The van der Waals surface area contributed by atoms with Crippen molar-refractivity contribution in [1.29, 1.82) is 0 Å². The molecule has 0 aliphatic rings. The summed E-state index contributed by atoms with van der Waals surface area (Å²) in [6, 6.07) is 17.1. The van der Waals surface area contributed by atoms with E-state index in [0.29, 0.717) is 0 Å². The van der Waals surface area contributed by atoms with Gasteiger partial charge in [0.15, 0.2) is 0 Å².